The smallest absolute Gasteiger partial charge is 0.328 e. The molecule has 0 bridgehead atoms. The molecule has 0 aliphatic heterocycles. The van der Waals surface area contributed by atoms with Crippen LogP contribution >= 0.6 is 0 Å². The van der Waals surface area contributed by atoms with Crippen LogP contribution in [0.2, 0.25) is 0 Å². The largest absolute Gasteiger partial charge is 0.497 e. The number of hydrogen-bond donors (Lipinski definition) is 0. The third kappa shape index (κ3) is 5.76. The van der Waals surface area contributed by atoms with Crippen molar-refractivity contribution in [2.75, 3.05) is 13.7 Å². The number of esters is 2. The van der Waals surface area contributed by atoms with E-state index in [0.29, 0.717) is 30.9 Å². The van der Waals surface area contributed by atoms with E-state index in [1.54, 1.807) is 45.2 Å². The molecule has 0 aliphatic rings. The van der Waals surface area contributed by atoms with Gasteiger partial charge in [0.25, 0.3) is 0 Å². The van der Waals surface area contributed by atoms with Gasteiger partial charge in [-0.2, -0.15) is 0 Å². The lowest BCUT2D eigenvalue weighted by Crippen LogP contribution is -2.42. The molecule has 0 aliphatic carbocycles. The molecular formula is C20H30O5. The number of hydrogen-bond acceptors (Lipinski definition) is 5. The normalized spacial score (nSPS) is 11.0. The van der Waals surface area contributed by atoms with Gasteiger partial charge in [-0.25, -0.2) is 0 Å². The van der Waals surface area contributed by atoms with E-state index >= 15 is 0 Å². The Morgan fingerprint density at radius 3 is 2.00 bits per heavy atom. The van der Waals surface area contributed by atoms with E-state index in [9.17, 15) is 9.59 Å². The van der Waals surface area contributed by atoms with E-state index in [0.717, 1.165) is 25.7 Å². The summed E-state index contributed by atoms with van der Waals surface area (Å²) in [7, 11) is 1.57. The molecule has 140 valence electrons. The fraction of sp³-hybridized carbons (Fsp3) is 0.600. The Balaban J connectivity index is 2.73. The molecular weight excluding hydrogens is 320 g/mol. The fourth-order valence-electron chi connectivity index (χ4n) is 2.59. The molecule has 0 aromatic heterocycles. The van der Waals surface area contributed by atoms with Crippen molar-refractivity contribution in [1.29, 1.82) is 0 Å². The topological polar surface area (TPSA) is 61.8 Å². The Morgan fingerprint density at radius 1 is 0.880 bits per heavy atom. The van der Waals surface area contributed by atoms with Crippen molar-refractivity contribution < 1.29 is 23.8 Å². The van der Waals surface area contributed by atoms with E-state index in [1.165, 1.54) is 0 Å². The fourth-order valence-corrected chi connectivity index (χ4v) is 2.59. The van der Waals surface area contributed by atoms with Crippen LogP contribution < -0.4 is 9.47 Å². The van der Waals surface area contributed by atoms with Crippen LogP contribution in [0.5, 0.6) is 11.5 Å². The van der Waals surface area contributed by atoms with Gasteiger partial charge in [0.2, 0.25) is 0 Å². The lowest BCUT2D eigenvalue weighted by molar-refractivity contribution is -0.168. The zero-order valence-electron chi connectivity index (χ0n) is 15.8. The molecule has 1 aromatic rings. The first-order valence-corrected chi connectivity index (χ1v) is 9.07. The molecule has 1 aromatic carbocycles. The molecule has 0 spiro atoms. The Kier molecular flexibility index (Phi) is 9.03. The third-order valence-corrected chi connectivity index (χ3v) is 4.49. The van der Waals surface area contributed by atoms with Gasteiger partial charge in [0.1, 0.15) is 11.5 Å². The van der Waals surface area contributed by atoms with Crippen LogP contribution in [0.4, 0.5) is 0 Å². The van der Waals surface area contributed by atoms with Crippen molar-refractivity contribution in [3.8, 4) is 11.5 Å². The summed E-state index contributed by atoms with van der Waals surface area (Å²) in [4.78, 5) is 25.2. The second-order valence-electron chi connectivity index (χ2n) is 6.05. The monoisotopic (exact) mass is 350 g/mol. The van der Waals surface area contributed by atoms with Crippen LogP contribution in [-0.2, 0) is 14.3 Å². The second kappa shape index (κ2) is 10.7. The average molecular weight is 350 g/mol. The van der Waals surface area contributed by atoms with E-state index < -0.39 is 17.4 Å². The average Bonchev–Trinajstić information content (AvgIpc) is 2.63. The Hall–Kier alpha value is -2.04. The summed E-state index contributed by atoms with van der Waals surface area (Å²) in [5, 5.41) is 0. The molecule has 0 fully saturated rings. The maximum absolute atomic E-state index is 12.7. The number of ether oxygens (including phenoxy) is 3. The zero-order chi connectivity index (χ0) is 18.7. The minimum Gasteiger partial charge on any atom is -0.497 e. The van der Waals surface area contributed by atoms with Gasteiger partial charge in [-0.1, -0.05) is 40.0 Å². The highest BCUT2D eigenvalue weighted by Gasteiger charge is 2.46. The maximum Gasteiger partial charge on any atom is 0.328 e. The molecule has 0 unspecified atom stereocenters. The molecule has 25 heavy (non-hydrogen) atoms. The van der Waals surface area contributed by atoms with Gasteiger partial charge in [-0.05, 0) is 43.5 Å². The van der Waals surface area contributed by atoms with Gasteiger partial charge in [-0.3, -0.25) is 9.59 Å². The van der Waals surface area contributed by atoms with Crippen LogP contribution in [0.15, 0.2) is 24.3 Å². The van der Waals surface area contributed by atoms with E-state index in [4.69, 9.17) is 14.2 Å². The summed E-state index contributed by atoms with van der Waals surface area (Å²) >= 11 is 0. The summed E-state index contributed by atoms with van der Waals surface area (Å²) in [6.07, 6.45) is 4.75. The maximum atomic E-state index is 12.7. The second-order valence-corrected chi connectivity index (χ2v) is 6.05. The Morgan fingerprint density at radius 2 is 1.48 bits per heavy atom. The quantitative estimate of drug-likeness (QED) is 0.254. The number of carbonyl (C=O) groups is 2. The number of rotatable bonds is 11. The molecule has 0 N–H and O–H groups in total. The van der Waals surface area contributed by atoms with E-state index in [1.807, 2.05) is 0 Å². The standard InChI is InChI=1S/C20H30O5/c1-5-8-9-10-15-24-18(21)20(6-2,7-3)19(22)25-17-13-11-16(23-4)12-14-17/h11-14H,5-10,15H2,1-4H3. The SMILES string of the molecule is CCCCCCOC(=O)C(CC)(CC)C(=O)Oc1ccc(OC)cc1. The lowest BCUT2D eigenvalue weighted by atomic mass is 9.82. The highest BCUT2D eigenvalue weighted by Crippen LogP contribution is 2.31. The highest BCUT2D eigenvalue weighted by molar-refractivity contribution is 6.00. The third-order valence-electron chi connectivity index (χ3n) is 4.49. The van der Waals surface area contributed by atoms with Gasteiger partial charge < -0.3 is 14.2 Å². The predicted octanol–water partition coefficient (Wildman–Crippen LogP) is 4.53. The molecule has 5 heteroatoms. The van der Waals surface area contributed by atoms with Gasteiger partial charge in [0.05, 0.1) is 13.7 Å². The molecule has 0 radical (unpaired) electrons. The van der Waals surface area contributed by atoms with E-state index in [2.05, 4.69) is 6.92 Å². The van der Waals surface area contributed by atoms with Crippen molar-refractivity contribution in [2.45, 2.75) is 59.3 Å². The van der Waals surface area contributed by atoms with Crippen LogP contribution in [0.3, 0.4) is 0 Å². The molecule has 0 heterocycles. The number of benzene rings is 1. The van der Waals surface area contributed by atoms with Gasteiger partial charge in [0, 0.05) is 0 Å². The van der Waals surface area contributed by atoms with Crippen molar-refractivity contribution in [3.63, 3.8) is 0 Å². The van der Waals surface area contributed by atoms with Gasteiger partial charge >= 0.3 is 11.9 Å². The summed E-state index contributed by atoms with van der Waals surface area (Å²) in [5.74, 6) is -0.00918. The summed E-state index contributed by atoms with van der Waals surface area (Å²) in [6.45, 7) is 6.07. The van der Waals surface area contributed by atoms with Gasteiger partial charge in [0.15, 0.2) is 5.41 Å². The van der Waals surface area contributed by atoms with E-state index in [-0.39, 0.29) is 0 Å². The Bertz CT molecular complexity index is 532. The molecule has 0 amide bonds. The number of methoxy groups -OCH3 is 1. The van der Waals surface area contributed by atoms with Crippen molar-refractivity contribution in [3.05, 3.63) is 24.3 Å². The molecule has 0 atom stereocenters. The van der Waals surface area contributed by atoms with Crippen molar-refractivity contribution in [1.82, 2.24) is 0 Å². The van der Waals surface area contributed by atoms with Crippen molar-refractivity contribution >= 4 is 11.9 Å². The summed E-state index contributed by atoms with van der Waals surface area (Å²) < 4.78 is 15.9. The summed E-state index contributed by atoms with van der Waals surface area (Å²) in [5.41, 5.74) is -1.26. The Labute approximate surface area is 150 Å². The van der Waals surface area contributed by atoms with Crippen LogP contribution in [0, 0.1) is 5.41 Å². The minimum absolute atomic E-state index is 0.340. The predicted molar refractivity (Wildman–Crippen MR) is 96.7 cm³/mol. The molecule has 0 saturated heterocycles. The van der Waals surface area contributed by atoms with Crippen LogP contribution in [0.25, 0.3) is 0 Å². The highest BCUT2D eigenvalue weighted by atomic mass is 16.6. The molecule has 5 nitrogen and oxygen atoms in total. The number of unbranched alkanes of at least 4 members (excludes halogenated alkanes) is 3. The minimum atomic E-state index is -1.26. The van der Waals surface area contributed by atoms with Crippen molar-refractivity contribution in [2.24, 2.45) is 5.41 Å². The van der Waals surface area contributed by atoms with Crippen LogP contribution in [0.1, 0.15) is 59.3 Å². The first-order chi connectivity index (χ1) is 12.0. The molecule has 0 saturated carbocycles. The first kappa shape index (κ1) is 21.0. The van der Waals surface area contributed by atoms with Gasteiger partial charge in [-0.15, -0.1) is 0 Å². The lowest BCUT2D eigenvalue weighted by Gasteiger charge is -2.26. The zero-order valence-corrected chi connectivity index (χ0v) is 15.8. The van der Waals surface area contributed by atoms with Crippen LogP contribution in [-0.4, -0.2) is 25.7 Å². The number of carbonyl (C=O) groups excluding carboxylic acids is 2. The molecule has 1 rings (SSSR count). The summed E-state index contributed by atoms with van der Waals surface area (Å²) in [6, 6.07) is 6.69. The first-order valence-electron chi connectivity index (χ1n) is 9.07.